The third-order valence-corrected chi connectivity index (χ3v) is 2.89. The zero-order chi connectivity index (χ0) is 13.5. The fourth-order valence-electron chi connectivity index (χ4n) is 1.80. The maximum Gasteiger partial charge on any atom is 0.0964 e. The van der Waals surface area contributed by atoms with Gasteiger partial charge in [0.15, 0.2) is 0 Å². The molecule has 5 heteroatoms. The molecule has 19 heavy (non-hydrogen) atoms. The van der Waals surface area contributed by atoms with E-state index in [4.69, 9.17) is 5.11 Å². The summed E-state index contributed by atoms with van der Waals surface area (Å²) < 4.78 is 1.76. The van der Waals surface area contributed by atoms with E-state index in [0.29, 0.717) is 19.5 Å². The summed E-state index contributed by atoms with van der Waals surface area (Å²) in [5.41, 5.74) is 3.46. The lowest BCUT2D eigenvalue weighted by molar-refractivity contribution is 0.276. The average molecular weight is 260 g/mol. The first-order valence-electron chi connectivity index (χ1n) is 6.54. The van der Waals surface area contributed by atoms with E-state index in [2.05, 4.69) is 46.8 Å². The normalized spacial score (nSPS) is 10.8. The highest BCUT2D eigenvalue weighted by molar-refractivity contribution is 5.21. The Morgan fingerprint density at radius 2 is 2.00 bits per heavy atom. The topological polar surface area (TPSA) is 63.0 Å². The summed E-state index contributed by atoms with van der Waals surface area (Å²) in [6.45, 7) is 4.50. The second-order valence-electron chi connectivity index (χ2n) is 4.64. The lowest BCUT2D eigenvalue weighted by Crippen LogP contribution is -2.12. The Balaban J connectivity index is 1.76. The van der Waals surface area contributed by atoms with Gasteiger partial charge in [0.25, 0.3) is 0 Å². The third kappa shape index (κ3) is 4.46. The lowest BCUT2D eigenvalue weighted by Gasteiger charge is -2.03. The number of rotatable bonds is 7. The Hall–Kier alpha value is -1.72. The smallest absolute Gasteiger partial charge is 0.0964 e. The first-order valence-corrected chi connectivity index (χ1v) is 6.54. The summed E-state index contributed by atoms with van der Waals surface area (Å²) in [6.07, 6.45) is 2.62. The molecule has 2 aromatic rings. The van der Waals surface area contributed by atoms with Crippen molar-refractivity contribution in [3.05, 3.63) is 47.3 Å². The monoisotopic (exact) mass is 260 g/mol. The van der Waals surface area contributed by atoms with E-state index in [1.54, 1.807) is 4.68 Å². The molecule has 0 radical (unpaired) electrons. The van der Waals surface area contributed by atoms with Crippen molar-refractivity contribution in [2.24, 2.45) is 0 Å². The highest BCUT2D eigenvalue weighted by atomic mass is 16.3. The van der Waals surface area contributed by atoms with Crippen molar-refractivity contribution in [2.45, 2.75) is 33.0 Å². The standard InChI is InChI=1S/C14H20N4O/c1-12-3-5-13(6-4-12)9-15-10-14-11-18(17-16-14)7-2-8-19/h3-6,11,15,19H,2,7-10H2,1H3. The van der Waals surface area contributed by atoms with E-state index in [0.717, 1.165) is 12.2 Å². The van der Waals surface area contributed by atoms with Crippen LogP contribution in [0.5, 0.6) is 0 Å². The number of aliphatic hydroxyl groups is 1. The fourth-order valence-corrected chi connectivity index (χ4v) is 1.80. The molecule has 0 aliphatic heterocycles. The van der Waals surface area contributed by atoms with E-state index in [-0.39, 0.29) is 6.61 Å². The third-order valence-electron chi connectivity index (χ3n) is 2.89. The van der Waals surface area contributed by atoms with E-state index in [9.17, 15) is 0 Å². The van der Waals surface area contributed by atoms with Crippen molar-refractivity contribution < 1.29 is 5.11 Å². The van der Waals surface area contributed by atoms with Crippen LogP contribution < -0.4 is 5.32 Å². The zero-order valence-corrected chi connectivity index (χ0v) is 11.2. The van der Waals surface area contributed by atoms with Crippen LogP contribution in [0.4, 0.5) is 0 Å². The van der Waals surface area contributed by atoms with Crippen molar-refractivity contribution in [1.82, 2.24) is 20.3 Å². The van der Waals surface area contributed by atoms with Gasteiger partial charge in [-0.3, -0.25) is 4.68 Å². The number of hydrogen-bond acceptors (Lipinski definition) is 4. The Bertz CT molecular complexity index is 492. The molecule has 0 saturated heterocycles. The zero-order valence-electron chi connectivity index (χ0n) is 11.2. The fraction of sp³-hybridized carbons (Fsp3) is 0.429. The van der Waals surface area contributed by atoms with E-state index in [1.165, 1.54) is 11.1 Å². The second-order valence-corrected chi connectivity index (χ2v) is 4.64. The predicted octanol–water partition coefficient (Wildman–Crippen LogP) is 1.26. The molecule has 5 nitrogen and oxygen atoms in total. The summed E-state index contributed by atoms with van der Waals surface area (Å²) in [5, 5.41) is 20.2. The minimum Gasteiger partial charge on any atom is -0.396 e. The van der Waals surface area contributed by atoms with Crippen LogP contribution in [0.1, 0.15) is 23.2 Å². The molecular formula is C14H20N4O. The van der Waals surface area contributed by atoms with Gasteiger partial charge in [-0.15, -0.1) is 5.10 Å². The minimum absolute atomic E-state index is 0.181. The predicted molar refractivity (Wildman–Crippen MR) is 73.4 cm³/mol. The van der Waals surface area contributed by atoms with Gasteiger partial charge in [0.05, 0.1) is 5.69 Å². The molecule has 1 aromatic carbocycles. The molecule has 102 valence electrons. The maximum absolute atomic E-state index is 8.75. The first kappa shape index (κ1) is 13.7. The molecule has 1 aromatic heterocycles. The van der Waals surface area contributed by atoms with Crippen molar-refractivity contribution in [3.63, 3.8) is 0 Å². The number of aliphatic hydroxyl groups excluding tert-OH is 1. The Kier molecular flexibility index (Phi) is 5.06. The molecule has 2 rings (SSSR count). The van der Waals surface area contributed by atoms with Crippen molar-refractivity contribution in [1.29, 1.82) is 0 Å². The van der Waals surface area contributed by atoms with Crippen molar-refractivity contribution >= 4 is 0 Å². The van der Waals surface area contributed by atoms with Crippen LogP contribution >= 0.6 is 0 Å². The second kappa shape index (κ2) is 7.01. The van der Waals surface area contributed by atoms with Gasteiger partial charge in [0, 0.05) is 32.4 Å². The van der Waals surface area contributed by atoms with Gasteiger partial charge in [-0.2, -0.15) is 0 Å². The van der Waals surface area contributed by atoms with Gasteiger partial charge in [0.2, 0.25) is 0 Å². The van der Waals surface area contributed by atoms with Gasteiger partial charge in [-0.05, 0) is 18.9 Å². The molecule has 0 amide bonds. The van der Waals surface area contributed by atoms with Gasteiger partial charge >= 0.3 is 0 Å². The average Bonchev–Trinajstić information content (AvgIpc) is 2.87. The quantitative estimate of drug-likeness (QED) is 0.786. The van der Waals surface area contributed by atoms with Crippen LogP contribution in [0.3, 0.4) is 0 Å². The molecule has 1 heterocycles. The molecule has 0 unspecified atom stereocenters. The Morgan fingerprint density at radius 1 is 1.21 bits per heavy atom. The van der Waals surface area contributed by atoms with Crippen LogP contribution in [0.2, 0.25) is 0 Å². The number of benzene rings is 1. The summed E-state index contributed by atoms with van der Waals surface area (Å²) >= 11 is 0. The largest absolute Gasteiger partial charge is 0.396 e. The molecule has 0 saturated carbocycles. The van der Waals surface area contributed by atoms with Crippen LogP contribution in [0.15, 0.2) is 30.5 Å². The molecule has 0 spiro atoms. The summed E-state index contributed by atoms with van der Waals surface area (Å²) in [4.78, 5) is 0. The van der Waals surface area contributed by atoms with E-state index in [1.807, 2.05) is 6.20 Å². The highest BCUT2D eigenvalue weighted by Crippen LogP contribution is 2.03. The Morgan fingerprint density at radius 3 is 2.74 bits per heavy atom. The lowest BCUT2D eigenvalue weighted by atomic mass is 10.1. The Labute approximate surface area is 113 Å². The maximum atomic E-state index is 8.75. The molecule has 0 aliphatic rings. The van der Waals surface area contributed by atoms with Gasteiger partial charge in [-0.1, -0.05) is 35.0 Å². The van der Waals surface area contributed by atoms with Crippen molar-refractivity contribution in [3.8, 4) is 0 Å². The van der Waals surface area contributed by atoms with E-state index < -0.39 is 0 Å². The van der Waals surface area contributed by atoms with Crippen LogP contribution in [-0.4, -0.2) is 26.7 Å². The summed E-state index contributed by atoms with van der Waals surface area (Å²) in [5.74, 6) is 0. The number of nitrogens with one attached hydrogen (secondary N) is 1. The van der Waals surface area contributed by atoms with Gasteiger partial charge < -0.3 is 10.4 Å². The SMILES string of the molecule is Cc1ccc(CNCc2cn(CCCO)nn2)cc1. The first-order chi connectivity index (χ1) is 9.28. The molecule has 0 bridgehead atoms. The van der Waals surface area contributed by atoms with Crippen LogP contribution in [0.25, 0.3) is 0 Å². The molecule has 2 N–H and O–H groups in total. The number of aromatic nitrogens is 3. The number of aryl methyl sites for hydroxylation is 2. The minimum atomic E-state index is 0.181. The van der Waals surface area contributed by atoms with Crippen molar-refractivity contribution in [2.75, 3.05) is 6.61 Å². The number of hydrogen-bond donors (Lipinski definition) is 2. The molecular weight excluding hydrogens is 240 g/mol. The molecule has 0 fully saturated rings. The van der Waals surface area contributed by atoms with Crippen LogP contribution in [-0.2, 0) is 19.6 Å². The summed E-state index contributed by atoms with van der Waals surface area (Å²) in [6, 6.07) is 8.48. The van der Waals surface area contributed by atoms with E-state index >= 15 is 0 Å². The van der Waals surface area contributed by atoms with Crippen LogP contribution in [0, 0.1) is 6.92 Å². The summed E-state index contributed by atoms with van der Waals surface area (Å²) in [7, 11) is 0. The van der Waals surface area contributed by atoms with Gasteiger partial charge in [0.1, 0.15) is 0 Å². The number of nitrogens with zero attached hydrogens (tertiary/aromatic N) is 3. The molecule has 0 atom stereocenters. The van der Waals surface area contributed by atoms with Gasteiger partial charge in [-0.25, -0.2) is 0 Å². The molecule has 0 aliphatic carbocycles. The highest BCUT2D eigenvalue weighted by Gasteiger charge is 2.00.